The third-order valence-electron chi connectivity index (χ3n) is 4.63. The van der Waals surface area contributed by atoms with Crippen LogP contribution >= 0.6 is 0 Å². The van der Waals surface area contributed by atoms with Crippen LogP contribution in [0.4, 0.5) is 4.39 Å². The first-order valence-electron chi connectivity index (χ1n) is 8.99. The van der Waals surface area contributed by atoms with Gasteiger partial charge in [-0.3, -0.25) is 9.36 Å². The van der Waals surface area contributed by atoms with E-state index < -0.39 is 17.1 Å². The molecule has 0 amide bonds. The molecular weight excluding hydrogens is 359 g/mol. The van der Waals surface area contributed by atoms with E-state index in [1.807, 2.05) is 30.3 Å². The summed E-state index contributed by atoms with van der Waals surface area (Å²) in [5.41, 5.74) is 0.907. The molecule has 4 aromatic rings. The lowest BCUT2D eigenvalue weighted by molar-refractivity contribution is 0.538. The molecule has 28 heavy (non-hydrogen) atoms. The van der Waals surface area contributed by atoms with Crippen molar-refractivity contribution in [3.8, 4) is 5.69 Å². The molecule has 0 bridgehead atoms. The van der Waals surface area contributed by atoms with Crippen molar-refractivity contribution in [2.75, 3.05) is 0 Å². The van der Waals surface area contributed by atoms with Crippen LogP contribution in [0.15, 0.2) is 70.5 Å². The van der Waals surface area contributed by atoms with Crippen molar-refractivity contribution in [1.29, 1.82) is 0 Å². The standard InChI is InChI=1S/C21H19FN4O2/c1-14(2)25-20(27)18-19(23-13-24(18)12-15-7-4-3-5-8-15)26(21(25)28)17-10-6-9-16(22)11-17/h3-11,13-14H,12H2,1-2H3. The average Bonchev–Trinajstić information content (AvgIpc) is 3.06. The van der Waals surface area contributed by atoms with Gasteiger partial charge in [0.25, 0.3) is 5.56 Å². The highest BCUT2D eigenvalue weighted by Crippen LogP contribution is 2.16. The number of imidazole rings is 1. The molecule has 0 aliphatic heterocycles. The fourth-order valence-electron chi connectivity index (χ4n) is 3.36. The molecule has 0 saturated heterocycles. The fourth-order valence-corrected chi connectivity index (χ4v) is 3.36. The average molecular weight is 378 g/mol. The van der Waals surface area contributed by atoms with E-state index in [0.29, 0.717) is 17.7 Å². The van der Waals surface area contributed by atoms with Crippen LogP contribution in [0.3, 0.4) is 0 Å². The molecule has 2 aromatic carbocycles. The topological polar surface area (TPSA) is 61.8 Å². The molecule has 0 aliphatic carbocycles. The maximum absolute atomic E-state index is 13.8. The summed E-state index contributed by atoms with van der Waals surface area (Å²) in [5.74, 6) is -0.469. The molecule has 0 aliphatic rings. The quantitative estimate of drug-likeness (QED) is 0.548. The Balaban J connectivity index is 2.05. The van der Waals surface area contributed by atoms with Gasteiger partial charge in [0.05, 0.1) is 12.0 Å². The van der Waals surface area contributed by atoms with Crippen molar-refractivity contribution in [1.82, 2.24) is 18.7 Å². The number of hydrogen-bond acceptors (Lipinski definition) is 3. The molecule has 7 heteroatoms. The first-order chi connectivity index (χ1) is 13.5. The Morgan fingerprint density at radius 2 is 1.79 bits per heavy atom. The number of hydrogen-bond donors (Lipinski definition) is 0. The molecule has 0 N–H and O–H groups in total. The number of fused-ring (bicyclic) bond motifs is 1. The maximum atomic E-state index is 13.8. The van der Waals surface area contributed by atoms with Gasteiger partial charge < -0.3 is 4.57 Å². The van der Waals surface area contributed by atoms with E-state index in [-0.39, 0.29) is 11.7 Å². The van der Waals surface area contributed by atoms with E-state index in [4.69, 9.17) is 0 Å². The zero-order valence-corrected chi connectivity index (χ0v) is 15.5. The van der Waals surface area contributed by atoms with Crippen molar-refractivity contribution >= 4 is 11.2 Å². The van der Waals surface area contributed by atoms with Gasteiger partial charge in [-0.2, -0.15) is 0 Å². The minimum absolute atomic E-state index is 0.216. The molecule has 0 atom stereocenters. The second kappa shape index (κ2) is 6.92. The summed E-state index contributed by atoms with van der Waals surface area (Å²) in [7, 11) is 0. The Kier molecular flexibility index (Phi) is 4.43. The van der Waals surface area contributed by atoms with Crippen molar-refractivity contribution in [3.63, 3.8) is 0 Å². The molecule has 4 rings (SSSR count). The van der Waals surface area contributed by atoms with Crippen LogP contribution in [-0.4, -0.2) is 18.7 Å². The minimum atomic E-state index is -0.539. The summed E-state index contributed by atoms with van der Waals surface area (Å²) in [4.78, 5) is 30.5. The van der Waals surface area contributed by atoms with Gasteiger partial charge in [0.1, 0.15) is 5.82 Å². The summed E-state index contributed by atoms with van der Waals surface area (Å²) >= 11 is 0. The van der Waals surface area contributed by atoms with Crippen LogP contribution in [0, 0.1) is 5.82 Å². The SMILES string of the molecule is CC(C)n1c(=O)c2c(ncn2Cc2ccccc2)n(-c2cccc(F)c2)c1=O. The predicted molar refractivity (Wildman–Crippen MR) is 105 cm³/mol. The van der Waals surface area contributed by atoms with E-state index in [9.17, 15) is 14.0 Å². The first-order valence-corrected chi connectivity index (χ1v) is 8.99. The molecule has 142 valence electrons. The normalized spacial score (nSPS) is 11.4. The van der Waals surface area contributed by atoms with Crippen LogP contribution in [0.1, 0.15) is 25.5 Å². The van der Waals surface area contributed by atoms with Crippen LogP contribution in [-0.2, 0) is 6.54 Å². The van der Waals surface area contributed by atoms with E-state index >= 15 is 0 Å². The van der Waals surface area contributed by atoms with E-state index in [0.717, 1.165) is 5.56 Å². The minimum Gasteiger partial charge on any atom is -0.320 e. The lowest BCUT2D eigenvalue weighted by Crippen LogP contribution is -2.41. The molecule has 2 aromatic heterocycles. The van der Waals surface area contributed by atoms with Crippen LogP contribution in [0.25, 0.3) is 16.9 Å². The molecule has 0 saturated carbocycles. The highest BCUT2D eigenvalue weighted by molar-refractivity contribution is 5.72. The van der Waals surface area contributed by atoms with Crippen LogP contribution in [0.5, 0.6) is 0 Å². The van der Waals surface area contributed by atoms with Crippen LogP contribution < -0.4 is 11.2 Å². The summed E-state index contributed by atoms with van der Waals surface area (Å²) in [6.45, 7) is 3.97. The third-order valence-corrected chi connectivity index (χ3v) is 4.63. The third kappa shape index (κ3) is 2.94. The Labute approximate surface area is 160 Å². The largest absolute Gasteiger partial charge is 0.337 e. The number of benzene rings is 2. The molecule has 0 radical (unpaired) electrons. The van der Waals surface area contributed by atoms with Crippen LogP contribution in [0.2, 0.25) is 0 Å². The van der Waals surface area contributed by atoms with E-state index in [1.54, 1.807) is 30.8 Å². The molecule has 6 nitrogen and oxygen atoms in total. The first kappa shape index (κ1) is 17.9. The molecule has 0 unspecified atom stereocenters. The summed E-state index contributed by atoms with van der Waals surface area (Å²) in [5, 5.41) is 0. The molecule has 0 spiro atoms. The highest BCUT2D eigenvalue weighted by atomic mass is 19.1. The van der Waals surface area contributed by atoms with Gasteiger partial charge in [0.15, 0.2) is 11.2 Å². The van der Waals surface area contributed by atoms with Gasteiger partial charge in [-0.15, -0.1) is 0 Å². The lowest BCUT2D eigenvalue weighted by Gasteiger charge is -2.15. The Morgan fingerprint density at radius 1 is 1.04 bits per heavy atom. The molecule has 2 heterocycles. The number of rotatable bonds is 4. The van der Waals surface area contributed by atoms with E-state index in [1.165, 1.54) is 27.3 Å². The van der Waals surface area contributed by atoms with Gasteiger partial charge in [-0.25, -0.2) is 18.7 Å². The molecule has 0 fully saturated rings. The second-order valence-electron chi connectivity index (χ2n) is 6.90. The van der Waals surface area contributed by atoms with Crippen molar-refractivity contribution in [3.05, 3.63) is 93.1 Å². The number of aromatic nitrogens is 4. The number of nitrogens with zero attached hydrogens (tertiary/aromatic N) is 4. The van der Waals surface area contributed by atoms with Crippen molar-refractivity contribution < 1.29 is 4.39 Å². The molecular formula is C21H19FN4O2. The zero-order chi connectivity index (χ0) is 19.8. The Hall–Kier alpha value is -3.48. The van der Waals surface area contributed by atoms with Gasteiger partial charge in [-0.1, -0.05) is 36.4 Å². The van der Waals surface area contributed by atoms with Gasteiger partial charge in [0.2, 0.25) is 0 Å². The Bertz CT molecular complexity index is 1270. The summed E-state index contributed by atoms with van der Waals surface area (Å²) in [6.07, 6.45) is 1.54. The lowest BCUT2D eigenvalue weighted by atomic mass is 10.2. The highest BCUT2D eigenvalue weighted by Gasteiger charge is 2.20. The zero-order valence-electron chi connectivity index (χ0n) is 15.5. The van der Waals surface area contributed by atoms with Crippen molar-refractivity contribution in [2.24, 2.45) is 0 Å². The van der Waals surface area contributed by atoms with Gasteiger partial charge in [0, 0.05) is 12.6 Å². The van der Waals surface area contributed by atoms with Gasteiger partial charge in [-0.05, 0) is 37.6 Å². The monoisotopic (exact) mass is 378 g/mol. The van der Waals surface area contributed by atoms with E-state index in [2.05, 4.69) is 4.98 Å². The second-order valence-corrected chi connectivity index (χ2v) is 6.90. The van der Waals surface area contributed by atoms with Crippen molar-refractivity contribution in [2.45, 2.75) is 26.4 Å². The van der Waals surface area contributed by atoms with Gasteiger partial charge >= 0.3 is 5.69 Å². The Morgan fingerprint density at radius 3 is 2.46 bits per heavy atom. The summed E-state index contributed by atoms with van der Waals surface area (Å²) < 4.78 is 18.0. The smallest absolute Gasteiger partial charge is 0.320 e. The maximum Gasteiger partial charge on any atom is 0.337 e. The fraction of sp³-hybridized carbons (Fsp3) is 0.190. The predicted octanol–water partition coefficient (Wildman–Crippen LogP) is 3.12. The summed E-state index contributed by atoms with van der Waals surface area (Å²) in [6, 6.07) is 15.0. The number of halogens is 1.